The van der Waals surface area contributed by atoms with Crippen molar-refractivity contribution in [2.75, 3.05) is 6.61 Å². The molecule has 0 aromatic carbocycles. The molecule has 4 nitrogen and oxygen atoms in total. The van der Waals surface area contributed by atoms with Gasteiger partial charge in [0.25, 0.3) is 0 Å². The Balaban J connectivity index is 3.43. The van der Waals surface area contributed by atoms with Crippen molar-refractivity contribution in [1.82, 2.24) is 5.32 Å². The van der Waals surface area contributed by atoms with E-state index in [4.69, 9.17) is 0 Å². The molecule has 0 aliphatic rings. The highest BCUT2D eigenvalue weighted by molar-refractivity contribution is 5.76. The van der Waals surface area contributed by atoms with E-state index in [1.165, 1.54) is 244 Å². The van der Waals surface area contributed by atoms with E-state index in [1.54, 1.807) is 6.08 Å². The van der Waals surface area contributed by atoms with Gasteiger partial charge in [0.2, 0.25) is 5.91 Å². The number of nitrogens with one attached hydrogen (secondary N) is 1. The third kappa shape index (κ3) is 45.8. The van der Waals surface area contributed by atoms with Crippen LogP contribution in [0.2, 0.25) is 0 Å². The summed E-state index contributed by atoms with van der Waals surface area (Å²) in [5.41, 5.74) is 0. The number of carbonyl (C=O) groups excluding carboxylic acids is 1. The van der Waals surface area contributed by atoms with Crippen molar-refractivity contribution < 1.29 is 15.0 Å². The minimum absolute atomic E-state index is 0.0593. The van der Waals surface area contributed by atoms with E-state index in [-0.39, 0.29) is 12.5 Å². The second-order valence-corrected chi connectivity index (χ2v) is 17.9. The molecule has 0 aromatic heterocycles. The Hall–Kier alpha value is -1.13. The Morgan fingerprint density at radius 1 is 0.404 bits per heavy atom. The maximum Gasteiger partial charge on any atom is 0.220 e. The van der Waals surface area contributed by atoms with Gasteiger partial charge in [-0.1, -0.05) is 263 Å². The highest BCUT2D eigenvalue weighted by Crippen LogP contribution is 2.17. The van der Waals surface area contributed by atoms with Crippen LogP contribution in [0.3, 0.4) is 0 Å². The first-order valence-corrected chi connectivity index (χ1v) is 26.1. The molecule has 0 aliphatic heterocycles. The van der Waals surface area contributed by atoms with Crippen LogP contribution in [0.4, 0.5) is 0 Å². The van der Waals surface area contributed by atoms with E-state index in [1.807, 2.05) is 6.08 Å². The zero-order valence-corrected chi connectivity index (χ0v) is 38.9. The fourth-order valence-electron chi connectivity index (χ4n) is 8.18. The van der Waals surface area contributed by atoms with Crippen LogP contribution in [0.15, 0.2) is 24.3 Å². The van der Waals surface area contributed by atoms with Crippen LogP contribution in [0, 0.1) is 0 Å². The molecule has 0 saturated carbocycles. The van der Waals surface area contributed by atoms with Crippen LogP contribution in [0.5, 0.6) is 0 Å². The number of aliphatic hydroxyl groups excluding tert-OH is 2. The summed E-state index contributed by atoms with van der Waals surface area (Å²) in [5.74, 6) is -0.0593. The minimum Gasteiger partial charge on any atom is -0.394 e. The number of carbonyl (C=O) groups is 1. The van der Waals surface area contributed by atoms with Gasteiger partial charge in [-0.3, -0.25) is 4.79 Å². The van der Waals surface area contributed by atoms with Crippen LogP contribution in [0.1, 0.15) is 290 Å². The fourth-order valence-corrected chi connectivity index (χ4v) is 8.18. The summed E-state index contributed by atoms with van der Waals surface area (Å²) >= 11 is 0. The second-order valence-electron chi connectivity index (χ2n) is 17.9. The van der Waals surface area contributed by atoms with E-state index in [9.17, 15) is 15.0 Å². The smallest absolute Gasteiger partial charge is 0.220 e. The van der Waals surface area contributed by atoms with Gasteiger partial charge in [-0.2, -0.15) is 0 Å². The minimum atomic E-state index is -0.835. The molecule has 4 heteroatoms. The summed E-state index contributed by atoms with van der Waals surface area (Å²) < 4.78 is 0. The third-order valence-electron chi connectivity index (χ3n) is 12.2. The van der Waals surface area contributed by atoms with Crippen molar-refractivity contribution in [2.45, 2.75) is 302 Å². The first-order valence-electron chi connectivity index (χ1n) is 26.1. The van der Waals surface area contributed by atoms with Crippen LogP contribution in [-0.2, 0) is 4.79 Å². The van der Waals surface area contributed by atoms with Gasteiger partial charge in [0, 0.05) is 6.42 Å². The van der Waals surface area contributed by atoms with Crippen molar-refractivity contribution >= 4 is 5.91 Å². The quantitative estimate of drug-likeness (QED) is 0.0424. The Morgan fingerprint density at radius 2 is 0.667 bits per heavy atom. The number of allylic oxidation sites excluding steroid dienone is 3. The molecule has 0 radical (unpaired) electrons. The Kier molecular flexibility index (Phi) is 48.3. The largest absolute Gasteiger partial charge is 0.394 e. The van der Waals surface area contributed by atoms with Gasteiger partial charge in [-0.25, -0.2) is 0 Å². The molecule has 0 saturated heterocycles. The standard InChI is InChI=1S/C53H103NO3/c1-3-5-7-9-11-13-15-17-19-20-21-22-23-24-25-26-27-28-29-30-31-32-33-34-35-37-39-41-43-45-47-49-53(57)54-51(50-55)52(56)48-46-44-42-40-38-36-18-16-14-12-10-8-6-4-2/h20-21,46,48,51-52,55-56H,3-19,22-45,47,49-50H2,1-2H3,(H,54,57)/b21-20-,48-46+. The van der Waals surface area contributed by atoms with Gasteiger partial charge in [0.05, 0.1) is 18.8 Å². The molecule has 3 N–H and O–H groups in total. The Bertz CT molecular complexity index is 825. The average Bonchev–Trinajstić information content (AvgIpc) is 3.22. The topological polar surface area (TPSA) is 69.6 Å². The lowest BCUT2D eigenvalue weighted by atomic mass is 10.0. The van der Waals surface area contributed by atoms with Crippen LogP contribution in [-0.4, -0.2) is 34.9 Å². The van der Waals surface area contributed by atoms with E-state index in [0.717, 1.165) is 25.7 Å². The maximum absolute atomic E-state index is 12.4. The highest BCUT2D eigenvalue weighted by atomic mass is 16.3. The van der Waals surface area contributed by atoms with E-state index < -0.39 is 12.1 Å². The van der Waals surface area contributed by atoms with Crippen molar-refractivity contribution in [3.63, 3.8) is 0 Å². The molecular weight excluding hydrogens is 699 g/mol. The van der Waals surface area contributed by atoms with E-state index in [2.05, 4.69) is 31.3 Å². The first-order chi connectivity index (χ1) is 28.2. The summed E-state index contributed by atoms with van der Waals surface area (Å²) in [5, 5.41) is 23.1. The molecule has 0 heterocycles. The predicted molar refractivity (Wildman–Crippen MR) is 253 cm³/mol. The summed E-state index contributed by atoms with van der Waals surface area (Å²) in [4.78, 5) is 12.4. The van der Waals surface area contributed by atoms with Crippen molar-refractivity contribution in [1.29, 1.82) is 0 Å². The number of unbranched alkanes of at least 4 members (excludes halogenated alkanes) is 39. The summed E-state index contributed by atoms with van der Waals surface area (Å²) in [6.45, 7) is 4.33. The molecule has 0 rings (SSSR count). The van der Waals surface area contributed by atoms with Gasteiger partial charge in [-0.05, 0) is 44.9 Å². The van der Waals surface area contributed by atoms with Gasteiger partial charge in [-0.15, -0.1) is 0 Å². The molecule has 57 heavy (non-hydrogen) atoms. The number of amides is 1. The average molecular weight is 802 g/mol. The molecule has 0 spiro atoms. The highest BCUT2D eigenvalue weighted by Gasteiger charge is 2.18. The van der Waals surface area contributed by atoms with Crippen LogP contribution >= 0.6 is 0 Å². The lowest BCUT2D eigenvalue weighted by molar-refractivity contribution is -0.123. The second kappa shape index (κ2) is 49.2. The molecule has 1 amide bonds. The van der Waals surface area contributed by atoms with Crippen LogP contribution < -0.4 is 5.32 Å². The molecule has 0 aliphatic carbocycles. The lowest BCUT2D eigenvalue weighted by Crippen LogP contribution is -2.45. The zero-order valence-electron chi connectivity index (χ0n) is 38.9. The van der Waals surface area contributed by atoms with Gasteiger partial charge >= 0.3 is 0 Å². The monoisotopic (exact) mass is 802 g/mol. The molecule has 2 unspecified atom stereocenters. The molecule has 2 atom stereocenters. The van der Waals surface area contributed by atoms with Gasteiger partial charge in [0.15, 0.2) is 0 Å². The van der Waals surface area contributed by atoms with Gasteiger partial charge < -0.3 is 15.5 Å². The molecule has 0 bridgehead atoms. The summed E-state index contributed by atoms with van der Waals surface area (Å²) in [6.07, 6.45) is 64.7. The molecule has 0 aromatic rings. The third-order valence-corrected chi connectivity index (χ3v) is 12.2. The fraction of sp³-hybridized carbons (Fsp3) is 0.906. The number of rotatable bonds is 48. The molecule has 0 fully saturated rings. The maximum atomic E-state index is 12.4. The van der Waals surface area contributed by atoms with Crippen molar-refractivity contribution in [2.24, 2.45) is 0 Å². The summed E-state index contributed by atoms with van der Waals surface area (Å²) in [7, 11) is 0. The van der Waals surface area contributed by atoms with E-state index >= 15 is 0 Å². The molecule has 338 valence electrons. The number of hydrogen-bond acceptors (Lipinski definition) is 3. The van der Waals surface area contributed by atoms with Gasteiger partial charge in [0.1, 0.15) is 0 Å². The normalized spacial score (nSPS) is 13.0. The molecular formula is C53H103NO3. The van der Waals surface area contributed by atoms with Crippen molar-refractivity contribution in [3.05, 3.63) is 24.3 Å². The number of hydrogen-bond donors (Lipinski definition) is 3. The number of aliphatic hydroxyl groups is 2. The van der Waals surface area contributed by atoms with Crippen molar-refractivity contribution in [3.8, 4) is 0 Å². The zero-order chi connectivity index (χ0) is 41.4. The first kappa shape index (κ1) is 55.9. The summed E-state index contributed by atoms with van der Waals surface area (Å²) in [6, 6.07) is -0.618. The lowest BCUT2D eigenvalue weighted by Gasteiger charge is -2.20. The SMILES string of the molecule is CCCCCCCCCC/C=C\CCCCCCCCCCCCCCCCCCCCCC(=O)NC(CO)C(O)/C=C/CCCCCCCCCCCCCC. The predicted octanol–water partition coefficient (Wildman–Crippen LogP) is 16.8. The van der Waals surface area contributed by atoms with E-state index in [0.29, 0.717) is 6.42 Å². The van der Waals surface area contributed by atoms with Crippen LogP contribution in [0.25, 0.3) is 0 Å². The Morgan fingerprint density at radius 3 is 0.965 bits per heavy atom. The Labute approximate surface area is 358 Å².